The highest BCUT2D eigenvalue weighted by Crippen LogP contribution is 2.37. The van der Waals surface area contributed by atoms with E-state index in [9.17, 15) is 18.4 Å². The zero-order chi connectivity index (χ0) is 17.3. The van der Waals surface area contributed by atoms with Crippen LogP contribution in [0.2, 0.25) is 0 Å². The molecule has 1 N–H and O–H groups in total. The van der Waals surface area contributed by atoms with Crippen LogP contribution in [0.3, 0.4) is 0 Å². The number of piperidine rings is 1. The number of carboxylic acids is 1. The van der Waals surface area contributed by atoms with Crippen molar-refractivity contribution < 1.29 is 23.5 Å². The van der Waals surface area contributed by atoms with E-state index in [4.69, 9.17) is 5.11 Å². The zero-order valence-corrected chi connectivity index (χ0v) is 13.4. The van der Waals surface area contributed by atoms with Gasteiger partial charge in [0.15, 0.2) is 0 Å². The fourth-order valence-electron chi connectivity index (χ4n) is 3.70. The second-order valence-corrected chi connectivity index (χ2v) is 6.80. The number of amides is 1. The molecule has 1 aliphatic carbocycles. The minimum Gasteiger partial charge on any atom is -0.481 e. The topological polar surface area (TPSA) is 57.6 Å². The monoisotopic (exact) mass is 337 g/mol. The molecule has 1 saturated heterocycles. The molecule has 6 heteroatoms. The Morgan fingerprint density at radius 3 is 2.12 bits per heavy atom. The highest BCUT2D eigenvalue weighted by Gasteiger charge is 2.43. The van der Waals surface area contributed by atoms with Crippen molar-refractivity contribution in [1.29, 1.82) is 0 Å². The summed E-state index contributed by atoms with van der Waals surface area (Å²) in [4.78, 5) is 25.2. The Hall–Kier alpha value is -1.98. The summed E-state index contributed by atoms with van der Waals surface area (Å²) < 4.78 is 27.5. The van der Waals surface area contributed by atoms with E-state index in [0.717, 1.165) is 0 Å². The maximum Gasteiger partial charge on any atom is 0.307 e. The largest absolute Gasteiger partial charge is 0.481 e. The predicted octanol–water partition coefficient (Wildman–Crippen LogP) is 2.86. The van der Waals surface area contributed by atoms with Crippen molar-refractivity contribution >= 4 is 11.9 Å². The first kappa shape index (κ1) is 16.9. The van der Waals surface area contributed by atoms with Gasteiger partial charge in [-0.25, -0.2) is 8.78 Å². The van der Waals surface area contributed by atoms with Gasteiger partial charge in [-0.2, -0.15) is 0 Å². The number of likely N-dealkylation sites (tertiary alicyclic amines) is 1. The molecule has 2 fully saturated rings. The van der Waals surface area contributed by atoms with Crippen molar-refractivity contribution in [1.82, 2.24) is 4.90 Å². The summed E-state index contributed by atoms with van der Waals surface area (Å²) in [6.45, 7) is 1.06. The van der Waals surface area contributed by atoms with Crippen LogP contribution in [-0.2, 0) is 16.0 Å². The van der Waals surface area contributed by atoms with Gasteiger partial charge in [-0.05, 0) is 50.2 Å². The number of rotatable bonds is 4. The standard InChI is InChI=1S/C18H21F2NO3/c19-15-2-1-3-16(20)14(15)10-11-6-8-21(9-7-11)17(22)12-4-5-13(12)18(23)24/h1-3,11-13H,4-10H2,(H,23,24)/t12-,13+/m0/s1. The summed E-state index contributed by atoms with van der Waals surface area (Å²) in [6, 6.07) is 3.88. The van der Waals surface area contributed by atoms with Gasteiger partial charge in [0.2, 0.25) is 5.91 Å². The van der Waals surface area contributed by atoms with Crippen molar-refractivity contribution in [2.24, 2.45) is 17.8 Å². The zero-order valence-electron chi connectivity index (χ0n) is 13.4. The van der Waals surface area contributed by atoms with E-state index in [2.05, 4.69) is 0 Å². The number of carboxylic acid groups (broad SMARTS) is 1. The number of hydrogen-bond donors (Lipinski definition) is 1. The van der Waals surface area contributed by atoms with Gasteiger partial charge >= 0.3 is 5.97 Å². The summed E-state index contributed by atoms with van der Waals surface area (Å²) >= 11 is 0. The summed E-state index contributed by atoms with van der Waals surface area (Å²) in [5, 5.41) is 9.07. The highest BCUT2D eigenvalue weighted by atomic mass is 19.1. The molecular formula is C18H21F2NO3. The van der Waals surface area contributed by atoms with Crippen molar-refractivity contribution in [2.45, 2.75) is 32.1 Å². The molecule has 4 nitrogen and oxygen atoms in total. The Morgan fingerprint density at radius 1 is 1.04 bits per heavy atom. The van der Waals surface area contributed by atoms with Gasteiger partial charge in [0.05, 0.1) is 11.8 Å². The van der Waals surface area contributed by atoms with Gasteiger partial charge in [0.1, 0.15) is 11.6 Å². The molecule has 2 aliphatic rings. The van der Waals surface area contributed by atoms with Crippen molar-refractivity contribution in [3.05, 3.63) is 35.4 Å². The minimum absolute atomic E-state index is 0.0795. The number of hydrogen-bond acceptors (Lipinski definition) is 2. The van der Waals surface area contributed by atoms with Crippen molar-refractivity contribution in [3.63, 3.8) is 0 Å². The van der Waals surface area contributed by atoms with Crippen LogP contribution >= 0.6 is 0 Å². The molecule has 1 aromatic rings. The van der Waals surface area contributed by atoms with Crippen molar-refractivity contribution in [3.8, 4) is 0 Å². The van der Waals surface area contributed by atoms with E-state index in [1.165, 1.54) is 18.2 Å². The molecular weight excluding hydrogens is 316 g/mol. The first-order chi connectivity index (χ1) is 11.5. The smallest absolute Gasteiger partial charge is 0.307 e. The van der Waals surface area contributed by atoms with E-state index in [-0.39, 0.29) is 17.4 Å². The lowest BCUT2D eigenvalue weighted by Gasteiger charge is -2.39. The molecule has 1 amide bonds. The fourth-order valence-corrected chi connectivity index (χ4v) is 3.70. The molecule has 1 saturated carbocycles. The molecule has 1 aromatic carbocycles. The van der Waals surface area contributed by atoms with Crippen LogP contribution in [0.5, 0.6) is 0 Å². The quantitative estimate of drug-likeness (QED) is 0.919. The molecule has 24 heavy (non-hydrogen) atoms. The molecule has 0 aromatic heterocycles. The van der Waals surface area contributed by atoms with E-state index in [0.29, 0.717) is 45.2 Å². The number of carbonyl (C=O) groups excluding carboxylic acids is 1. The van der Waals surface area contributed by atoms with E-state index >= 15 is 0 Å². The lowest BCUT2D eigenvalue weighted by Crippen LogP contribution is -2.48. The Bertz CT molecular complexity index is 621. The summed E-state index contributed by atoms with van der Waals surface area (Å²) in [7, 11) is 0. The Labute approximate surface area is 139 Å². The third-order valence-electron chi connectivity index (χ3n) is 5.39. The highest BCUT2D eigenvalue weighted by molar-refractivity contribution is 5.86. The van der Waals surface area contributed by atoms with Crippen LogP contribution in [-0.4, -0.2) is 35.0 Å². The Balaban J connectivity index is 1.54. The second-order valence-electron chi connectivity index (χ2n) is 6.80. The third-order valence-corrected chi connectivity index (χ3v) is 5.39. The van der Waals surface area contributed by atoms with Gasteiger partial charge in [0.25, 0.3) is 0 Å². The molecule has 1 aliphatic heterocycles. The van der Waals surface area contributed by atoms with Crippen molar-refractivity contribution in [2.75, 3.05) is 13.1 Å². The number of nitrogens with zero attached hydrogens (tertiary/aromatic N) is 1. The van der Waals surface area contributed by atoms with Crippen LogP contribution in [0.15, 0.2) is 18.2 Å². The molecule has 2 atom stereocenters. The minimum atomic E-state index is -0.899. The summed E-state index contributed by atoms with van der Waals surface area (Å²) in [5.74, 6) is -2.84. The first-order valence-corrected chi connectivity index (χ1v) is 8.42. The number of benzene rings is 1. The summed E-state index contributed by atoms with van der Waals surface area (Å²) in [6.07, 6.45) is 2.90. The normalized spacial score (nSPS) is 24.5. The number of halogens is 2. The van der Waals surface area contributed by atoms with Crippen LogP contribution in [0, 0.1) is 29.4 Å². The third kappa shape index (κ3) is 3.28. The second kappa shape index (κ2) is 6.87. The lowest BCUT2D eigenvalue weighted by molar-refractivity contribution is -0.157. The lowest BCUT2D eigenvalue weighted by atomic mass is 9.72. The van der Waals surface area contributed by atoms with Crippen LogP contribution in [0.25, 0.3) is 0 Å². The van der Waals surface area contributed by atoms with E-state index < -0.39 is 29.4 Å². The molecule has 0 bridgehead atoms. The van der Waals surface area contributed by atoms with E-state index in [1.807, 2.05) is 0 Å². The molecule has 130 valence electrons. The summed E-state index contributed by atoms with van der Waals surface area (Å²) in [5.41, 5.74) is 0.118. The first-order valence-electron chi connectivity index (χ1n) is 8.42. The maximum atomic E-state index is 13.7. The van der Waals surface area contributed by atoms with Gasteiger partial charge in [0, 0.05) is 18.7 Å². The van der Waals surface area contributed by atoms with Gasteiger partial charge in [-0.3, -0.25) is 9.59 Å². The van der Waals surface area contributed by atoms with Gasteiger partial charge in [-0.15, -0.1) is 0 Å². The van der Waals surface area contributed by atoms with Crippen LogP contribution < -0.4 is 0 Å². The average Bonchev–Trinajstić information content (AvgIpc) is 2.50. The average molecular weight is 337 g/mol. The maximum absolute atomic E-state index is 13.7. The van der Waals surface area contributed by atoms with Gasteiger partial charge < -0.3 is 10.0 Å². The molecule has 3 rings (SSSR count). The number of carbonyl (C=O) groups is 2. The van der Waals surface area contributed by atoms with Gasteiger partial charge in [-0.1, -0.05) is 6.07 Å². The Kier molecular flexibility index (Phi) is 4.83. The predicted molar refractivity (Wildman–Crippen MR) is 83.2 cm³/mol. The van der Waals surface area contributed by atoms with E-state index in [1.54, 1.807) is 4.90 Å². The molecule has 0 spiro atoms. The molecule has 1 heterocycles. The Morgan fingerprint density at radius 2 is 1.62 bits per heavy atom. The SMILES string of the molecule is O=C(O)[C@@H]1CC[C@@H]1C(=O)N1CCC(Cc2c(F)cccc2F)CC1. The molecule has 0 radical (unpaired) electrons. The van der Waals surface area contributed by atoms with Crippen LogP contribution in [0.4, 0.5) is 8.78 Å². The fraction of sp³-hybridized carbons (Fsp3) is 0.556. The number of aliphatic carboxylic acids is 1. The van der Waals surface area contributed by atoms with Crippen LogP contribution in [0.1, 0.15) is 31.2 Å². The molecule has 0 unspecified atom stereocenters.